The molecule has 1 aromatic carbocycles. The zero-order valence-corrected chi connectivity index (χ0v) is 12.5. The summed E-state index contributed by atoms with van der Waals surface area (Å²) in [6.07, 6.45) is 2.70. The summed E-state index contributed by atoms with van der Waals surface area (Å²) < 4.78 is 11.6. The summed E-state index contributed by atoms with van der Waals surface area (Å²) in [6.45, 7) is 4.66. The normalized spacial score (nSPS) is 10.3. The van der Waals surface area contributed by atoms with Crippen LogP contribution in [0.2, 0.25) is 0 Å². The van der Waals surface area contributed by atoms with Crippen LogP contribution in [0.1, 0.15) is 24.6 Å². The SMILES string of the molecule is CCCOc1ccccc1Oc1cc(C)ncc1CCl. The van der Waals surface area contributed by atoms with E-state index in [0.29, 0.717) is 18.2 Å². The lowest BCUT2D eigenvalue weighted by molar-refractivity contribution is 0.302. The van der Waals surface area contributed by atoms with E-state index in [9.17, 15) is 0 Å². The lowest BCUT2D eigenvalue weighted by Crippen LogP contribution is -1.98. The van der Waals surface area contributed by atoms with Crippen molar-refractivity contribution in [1.29, 1.82) is 0 Å². The molecule has 0 bridgehead atoms. The predicted octanol–water partition coefficient (Wildman–Crippen LogP) is 4.71. The Bertz CT molecular complexity index is 572. The second-order valence-electron chi connectivity index (χ2n) is 4.46. The minimum absolute atomic E-state index is 0.362. The molecule has 3 nitrogen and oxygen atoms in total. The van der Waals surface area contributed by atoms with Gasteiger partial charge in [0.05, 0.1) is 12.5 Å². The van der Waals surface area contributed by atoms with Gasteiger partial charge in [-0.05, 0) is 25.5 Å². The van der Waals surface area contributed by atoms with E-state index in [0.717, 1.165) is 29.2 Å². The summed E-state index contributed by atoms with van der Waals surface area (Å²) in [7, 11) is 0. The third kappa shape index (κ3) is 3.64. The van der Waals surface area contributed by atoms with Crippen LogP contribution in [0.5, 0.6) is 17.2 Å². The van der Waals surface area contributed by atoms with Crippen molar-refractivity contribution in [2.45, 2.75) is 26.1 Å². The highest BCUT2D eigenvalue weighted by Crippen LogP contribution is 2.33. The van der Waals surface area contributed by atoms with E-state index in [1.807, 2.05) is 37.3 Å². The van der Waals surface area contributed by atoms with E-state index < -0.39 is 0 Å². The van der Waals surface area contributed by atoms with Crippen LogP contribution >= 0.6 is 11.6 Å². The average Bonchev–Trinajstić information content (AvgIpc) is 2.47. The lowest BCUT2D eigenvalue weighted by Gasteiger charge is -2.14. The Balaban J connectivity index is 2.27. The van der Waals surface area contributed by atoms with Gasteiger partial charge >= 0.3 is 0 Å². The highest BCUT2D eigenvalue weighted by Gasteiger charge is 2.09. The van der Waals surface area contributed by atoms with Gasteiger partial charge in [-0.2, -0.15) is 0 Å². The van der Waals surface area contributed by atoms with Gasteiger partial charge in [-0.25, -0.2) is 0 Å². The smallest absolute Gasteiger partial charge is 0.169 e. The summed E-state index contributed by atoms with van der Waals surface area (Å²) in [6, 6.07) is 9.52. The maximum Gasteiger partial charge on any atom is 0.169 e. The van der Waals surface area contributed by atoms with E-state index in [2.05, 4.69) is 11.9 Å². The van der Waals surface area contributed by atoms with Crippen LogP contribution in [0.3, 0.4) is 0 Å². The van der Waals surface area contributed by atoms with Gasteiger partial charge < -0.3 is 9.47 Å². The molecule has 0 aliphatic rings. The Morgan fingerprint density at radius 3 is 2.60 bits per heavy atom. The molecule has 4 heteroatoms. The van der Waals surface area contributed by atoms with Gasteiger partial charge in [-0.3, -0.25) is 4.98 Å². The Kier molecular flexibility index (Phi) is 5.24. The Labute approximate surface area is 124 Å². The molecule has 2 aromatic rings. The van der Waals surface area contributed by atoms with Gasteiger partial charge in [0.15, 0.2) is 11.5 Å². The number of hydrogen-bond acceptors (Lipinski definition) is 3. The first-order valence-corrected chi connectivity index (χ1v) is 7.19. The monoisotopic (exact) mass is 291 g/mol. The largest absolute Gasteiger partial charge is 0.490 e. The Morgan fingerprint density at radius 1 is 1.15 bits per heavy atom. The fourth-order valence-corrected chi connectivity index (χ4v) is 1.94. The van der Waals surface area contributed by atoms with Crippen molar-refractivity contribution in [2.75, 3.05) is 6.61 Å². The van der Waals surface area contributed by atoms with Crippen molar-refractivity contribution in [3.05, 3.63) is 47.8 Å². The molecule has 2 rings (SSSR count). The highest BCUT2D eigenvalue weighted by molar-refractivity contribution is 6.17. The molecule has 0 saturated heterocycles. The van der Waals surface area contributed by atoms with Crippen LogP contribution < -0.4 is 9.47 Å². The highest BCUT2D eigenvalue weighted by atomic mass is 35.5. The summed E-state index contributed by atoms with van der Waals surface area (Å²) in [5.74, 6) is 2.52. The number of halogens is 1. The molecular weight excluding hydrogens is 274 g/mol. The number of ether oxygens (including phenoxy) is 2. The third-order valence-electron chi connectivity index (χ3n) is 2.76. The topological polar surface area (TPSA) is 31.4 Å². The molecular formula is C16H18ClNO2. The molecule has 1 aromatic heterocycles. The van der Waals surface area contributed by atoms with Gasteiger partial charge in [-0.15, -0.1) is 11.6 Å². The maximum absolute atomic E-state index is 5.96. The minimum atomic E-state index is 0.362. The molecule has 0 atom stereocenters. The first kappa shape index (κ1) is 14.7. The number of pyridine rings is 1. The van der Waals surface area contributed by atoms with Crippen molar-refractivity contribution < 1.29 is 9.47 Å². The van der Waals surface area contributed by atoms with Crippen LogP contribution in [-0.4, -0.2) is 11.6 Å². The quantitative estimate of drug-likeness (QED) is 0.722. The number of aryl methyl sites for hydroxylation is 1. The number of aromatic nitrogens is 1. The van der Waals surface area contributed by atoms with E-state index in [-0.39, 0.29) is 0 Å². The molecule has 0 aliphatic carbocycles. The van der Waals surface area contributed by atoms with Crippen molar-refractivity contribution >= 4 is 11.6 Å². The van der Waals surface area contributed by atoms with E-state index >= 15 is 0 Å². The average molecular weight is 292 g/mol. The third-order valence-corrected chi connectivity index (χ3v) is 3.04. The number of rotatable bonds is 6. The zero-order chi connectivity index (χ0) is 14.4. The fraction of sp³-hybridized carbons (Fsp3) is 0.312. The standard InChI is InChI=1S/C16H18ClNO2/c1-3-8-19-14-6-4-5-7-15(14)20-16-9-12(2)18-11-13(16)10-17/h4-7,9,11H,3,8,10H2,1-2H3. The van der Waals surface area contributed by atoms with Gasteiger partial charge in [0, 0.05) is 23.5 Å². The molecule has 106 valence electrons. The van der Waals surface area contributed by atoms with Crippen LogP contribution in [-0.2, 0) is 5.88 Å². The van der Waals surface area contributed by atoms with Crippen molar-refractivity contribution in [3.8, 4) is 17.2 Å². The van der Waals surface area contributed by atoms with Crippen LogP contribution in [0.25, 0.3) is 0 Å². The molecule has 0 saturated carbocycles. The molecule has 0 radical (unpaired) electrons. The van der Waals surface area contributed by atoms with Gasteiger partial charge in [-0.1, -0.05) is 19.1 Å². The summed E-state index contributed by atoms with van der Waals surface area (Å²) >= 11 is 5.92. The predicted molar refractivity (Wildman–Crippen MR) is 80.8 cm³/mol. The second kappa shape index (κ2) is 7.15. The van der Waals surface area contributed by atoms with E-state index in [1.165, 1.54) is 0 Å². The molecule has 0 aliphatic heterocycles. The van der Waals surface area contributed by atoms with Crippen molar-refractivity contribution in [3.63, 3.8) is 0 Å². The van der Waals surface area contributed by atoms with E-state index in [4.69, 9.17) is 21.1 Å². The molecule has 0 spiro atoms. The van der Waals surface area contributed by atoms with Crippen LogP contribution in [0, 0.1) is 6.92 Å². The number of benzene rings is 1. The maximum atomic E-state index is 5.96. The molecule has 0 fully saturated rings. The van der Waals surface area contributed by atoms with E-state index in [1.54, 1.807) is 6.20 Å². The summed E-state index contributed by atoms with van der Waals surface area (Å²) in [5.41, 5.74) is 1.75. The zero-order valence-electron chi connectivity index (χ0n) is 11.7. The van der Waals surface area contributed by atoms with Crippen LogP contribution in [0.15, 0.2) is 36.5 Å². The first-order chi connectivity index (χ1) is 9.74. The van der Waals surface area contributed by atoms with Gasteiger partial charge in [0.2, 0.25) is 0 Å². The molecule has 0 N–H and O–H groups in total. The number of nitrogens with zero attached hydrogens (tertiary/aromatic N) is 1. The van der Waals surface area contributed by atoms with Gasteiger partial charge in [0.25, 0.3) is 0 Å². The number of para-hydroxylation sites is 2. The Morgan fingerprint density at radius 2 is 1.90 bits per heavy atom. The number of alkyl halides is 1. The molecule has 0 unspecified atom stereocenters. The second-order valence-corrected chi connectivity index (χ2v) is 4.73. The van der Waals surface area contributed by atoms with Gasteiger partial charge in [0.1, 0.15) is 5.75 Å². The Hall–Kier alpha value is -1.74. The number of hydrogen-bond donors (Lipinski definition) is 0. The van der Waals surface area contributed by atoms with Crippen LogP contribution in [0.4, 0.5) is 0 Å². The molecule has 20 heavy (non-hydrogen) atoms. The first-order valence-electron chi connectivity index (χ1n) is 6.65. The van der Waals surface area contributed by atoms with Crippen molar-refractivity contribution in [2.24, 2.45) is 0 Å². The fourth-order valence-electron chi connectivity index (χ4n) is 1.74. The molecule has 0 amide bonds. The lowest BCUT2D eigenvalue weighted by atomic mass is 10.2. The van der Waals surface area contributed by atoms with Crippen molar-refractivity contribution in [1.82, 2.24) is 4.98 Å². The summed E-state index contributed by atoms with van der Waals surface area (Å²) in [4.78, 5) is 4.23. The molecule has 1 heterocycles. The summed E-state index contributed by atoms with van der Waals surface area (Å²) in [5, 5.41) is 0. The minimum Gasteiger partial charge on any atom is -0.490 e.